The number of hydrogen-bond donors (Lipinski definition) is 2. The molecule has 0 aliphatic carbocycles. The highest BCUT2D eigenvalue weighted by atomic mass is 32.1. The van der Waals surface area contributed by atoms with E-state index >= 15 is 0 Å². The maximum Gasteiger partial charge on any atom is 0.279 e. The van der Waals surface area contributed by atoms with Gasteiger partial charge in [-0.2, -0.15) is 0 Å². The van der Waals surface area contributed by atoms with Crippen LogP contribution in [0, 0.1) is 6.92 Å². The Labute approximate surface area is 94.8 Å². The highest BCUT2D eigenvalue weighted by Gasteiger charge is 2.13. The number of nitrogens with one attached hydrogen (secondary N) is 1. The maximum absolute atomic E-state index is 11.7. The molecule has 2 aromatic heterocycles. The molecule has 2 aromatic rings. The van der Waals surface area contributed by atoms with Crippen molar-refractivity contribution in [3.63, 3.8) is 0 Å². The van der Waals surface area contributed by atoms with Crippen molar-refractivity contribution in [1.29, 1.82) is 0 Å². The van der Waals surface area contributed by atoms with Crippen LogP contribution in [0.4, 0.5) is 10.9 Å². The normalized spacial score (nSPS) is 10.1. The predicted molar refractivity (Wildman–Crippen MR) is 59.0 cm³/mol. The molecule has 0 radical (unpaired) electrons. The van der Waals surface area contributed by atoms with Crippen molar-refractivity contribution in [3.05, 3.63) is 23.1 Å². The van der Waals surface area contributed by atoms with Gasteiger partial charge in [-0.1, -0.05) is 11.3 Å². The third-order valence-electron chi connectivity index (χ3n) is 1.69. The number of carbonyl (C=O) groups excluding carboxylic acids is 1. The Hall–Kier alpha value is -2.09. The van der Waals surface area contributed by atoms with Crippen molar-refractivity contribution in [2.75, 3.05) is 11.1 Å². The smallest absolute Gasteiger partial charge is 0.279 e. The number of amides is 1. The molecule has 2 rings (SSSR count). The van der Waals surface area contributed by atoms with Gasteiger partial charge < -0.3 is 5.73 Å². The first-order valence-corrected chi connectivity index (χ1v) is 5.16. The molecule has 0 aliphatic heterocycles. The number of aryl methyl sites for hydroxylation is 1. The van der Waals surface area contributed by atoms with Gasteiger partial charge in [0.1, 0.15) is 5.01 Å². The van der Waals surface area contributed by atoms with Crippen LogP contribution in [0.3, 0.4) is 0 Å². The number of nitrogen functional groups attached to an aromatic ring is 1. The highest BCUT2D eigenvalue weighted by molar-refractivity contribution is 7.15. The quantitative estimate of drug-likeness (QED) is 0.785. The van der Waals surface area contributed by atoms with Gasteiger partial charge in [0.15, 0.2) is 11.5 Å². The number of aromatic nitrogens is 4. The van der Waals surface area contributed by atoms with Crippen molar-refractivity contribution >= 4 is 28.2 Å². The second-order valence-corrected chi connectivity index (χ2v) is 4.05. The summed E-state index contributed by atoms with van der Waals surface area (Å²) in [5.41, 5.74) is 5.59. The first kappa shape index (κ1) is 10.4. The Balaban J connectivity index is 2.18. The fourth-order valence-corrected chi connectivity index (χ4v) is 1.61. The number of nitrogens with zero attached hydrogens (tertiary/aromatic N) is 4. The second kappa shape index (κ2) is 4.19. The van der Waals surface area contributed by atoms with E-state index in [-0.39, 0.29) is 11.5 Å². The molecule has 0 unspecified atom stereocenters. The Bertz CT molecular complexity index is 525. The van der Waals surface area contributed by atoms with E-state index in [0.717, 1.165) is 5.01 Å². The number of nitrogens with two attached hydrogens (primary N) is 1. The average Bonchev–Trinajstić information content (AvgIpc) is 2.64. The van der Waals surface area contributed by atoms with Crippen LogP contribution in [0.5, 0.6) is 0 Å². The lowest BCUT2D eigenvalue weighted by molar-refractivity contribution is 0.102. The molecule has 1 amide bonds. The first-order valence-electron chi connectivity index (χ1n) is 4.35. The minimum absolute atomic E-state index is 0.0790. The van der Waals surface area contributed by atoms with Crippen molar-refractivity contribution in [2.45, 2.75) is 6.92 Å². The van der Waals surface area contributed by atoms with Crippen LogP contribution >= 0.6 is 11.3 Å². The zero-order valence-electron chi connectivity index (χ0n) is 8.34. The lowest BCUT2D eigenvalue weighted by atomic mass is 10.4. The van der Waals surface area contributed by atoms with Crippen molar-refractivity contribution in [3.8, 4) is 0 Å². The molecule has 3 N–H and O–H groups in total. The molecule has 7 nitrogen and oxygen atoms in total. The number of carbonyl (C=O) groups is 1. The molecule has 16 heavy (non-hydrogen) atoms. The van der Waals surface area contributed by atoms with Crippen LogP contribution in [-0.4, -0.2) is 26.1 Å². The highest BCUT2D eigenvalue weighted by Crippen LogP contribution is 2.15. The Morgan fingerprint density at radius 3 is 2.75 bits per heavy atom. The van der Waals surface area contributed by atoms with Crippen LogP contribution in [0.25, 0.3) is 0 Å². The maximum atomic E-state index is 11.7. The number of hydrogen-bond acceptors (Lipinski definition) is 7. The van der Waals surface area contributed by atoms with E-state index in [1.807, 2.05) is 0 Å². The molecule has 0 saturated heterocycles. The Kier molecular flexibility index (Phi) is 2.73. The van der Waals surface area contributed by atoms with E-state index < -0.39 is 5.91 Å². The van der Waals surface area contributed by atoms with Gasteiger partial charge in [0.2, 0.25) is 5.13 Å². The van der Waals surface area contributed by atoms with Gasteiger partial charge in [-0.3, -0.25) is 10.1 Å². The molecule has 0 fully saturated rings. The average molecular weight is 236 g/mol. The topological polar surface area (TPSA) is 107 Å². The van der Waals surface area contributed by atoms with Gasteiger partial charge in [-0.25, -0.2) is 9.97 Å². The monoisotopic (exact) mass is 236 g/mol. The summed E-state index contributed by atoms with van der Waals surface area (Å²) in [6, 6.07) is 0. The summed E-state index contributed by atoms with van der Waals surface area (Å²) in [6.07, 6.45) is 2.82. The first-order chi connectivity index (χ1) is 7.66. The van der Waals surface area contributed by atoms with E-state index in [2.05, 4.69) is 25.5 Å². The SMILES string of the molecule is Cc1nnc(NC(=O)c2nccnc2N)s1. The van der Waals surface area contributed by atoms with Gasteiger partial charge in [-0.05, 0) is 6.92 Å². The molecule has 0 aliphatic rings. The van der Waals surface area contributed by atoms with Crippen LogP contribution < -0.4 is 11.1 Å². The molecule has 82 valence electrons. The predicted octanol–water partition coefficient (Wildman–Crippen LogP) is 0.471. The van der Waals surface area contributed by atoms with Crippen molar-refractivity contribution in [1.82, 2.24) is 20.2 Å². The van der Waals surface area contributed by atoms with Gasteiger partial charge in [0.05, 0.1) is 0 Å². The lowest BCUT2D eigenvalue weighted by Gasteiger charge is -2.01. The van der Waals surface area contributed by atoms with E-state index in [4.69, 9.17) is 5.73 Å². The summed E-state index contributed by atoms with van der Waals surface area (Å²) in [6.45, 7) is 1.80. The molecular weight excluding hydrogens is 228 g/mol. The third kappa shape index (κ3) is 2.11. The van der Waals surface area contributed by atoms with Crippen molar-refractivity contribution in [2.24, 2.45) is 0 Å². The minimum atomic E-state index is -0.443. The van der Waals surface area contributed by atoms with Crippen LogP contribution in [0.1, 0.15) is 15.5 Å². The Morgan fingerprint density at radius 2 is 2.12 bits per heavy atom. The molecule has 0 bridgehead atoms. The summed E-state index contributed by atoms with van der Waals surface area (Å²) >= 11 is 1.27. The van der Waals surface area contributed by atoms with Crippen LogP contribution in [-0.2, 0) is 0 Å². The zero-order valence-corrected chi connectivity index (χ0v) is 9.15. The summed E-state index contributed by atoms with van der Waals surface area (Å²) in [5.74, 6) is -0.358. The molecule has 0 atom stereocenters. The molecular formula is C8H8N6OS. The van der Waals surface area contributed by atoms with E-state index in [0.29, 0.717) is 5.13 Å². The van der Waals surface area contributed by atoms with Crippen LogP contribution in [0.2, 0.25) is 0 Å². The van der Waals surface area contributed by atoms with Gasteiger partial charge in [-0.15, -0.1) is 10.2 Å². The third-order valence-corrected chi connectivity index (χ3v) is 2.44. The molecule has 8 heteroatoms. The largest absolute Gasteiger partial charge is 0.382 e. The van der Waals surface area contributed by atoms with Gasteiger partial charge in [0, 0.05) is 12.4 Å². The molecule has 0 spiro atoms. The van der Waals surface area contributed by atoms with Crippen LogP contribution in [0.15, 0.2) is 12.4 Å². The van der Waals surface area contributed by atoms with Crippen molar-refractivity contribution < 1.29 is 4.79 Å². The van der Waals surface area contributed by atoms with E-state index in [9.17, 15) is 4.79 Å². The second-order valence-electron chi connectivity index (χ2n) is 2.87. The fraction of sp³-hybridized carbons (Fsp3) is 0.125. The molecule has 0 saturated carbocycles. The summed E-state index contributed by atoms with van der Waals surface area (Å²) in [4.78, 5) is 19.3. The molecule has 0 aromatic carbocycles. The summed E-state index contributed by atoms with van der Waals surface area (Å²) in [7, 11) is 0. The number of anilines is 2. The minimum Gasteiger partial charge on any atom is -0.382 e. The summed E-state index contributed by atoms with van der Waals surface area (Å²) < 4.78 is 0. The summed E-state index contributed by atoms with van der Waals surface area (Å²) in [5, 5.41) is 11.3. The zero-order chi connectivity index (χ0) is 11.5. The Morgan fingerprint density at radius 1 is 1.38 bits per heavy atom. The number of rotatable bonds is 2. The van der Waals surface area contributed by atoms with Gasteiger partial charge >= 0.3 is 0 Å². The van der Waals surface area contributed by atoms with E-state index in [1.54, 1.807) is 6.92 Å². The van der Waals surface area contributed by atoms with Gasteiger partial charge in [0.25, 0.3) is 5.91 Å². The lowest BCUT2D eigenvalue weighted by Crippen LogP contribution is -2.16. The standard InChI is InChI=1S/C8H8N6OS/c1-4-13-14-8(16-4)12-7(15)5-6(9)11-3-2-10-5/h2-3H,1H3,(H2,9,11)(H,12,14,15). The van der Waals surface area contributed by atoms with E-state index in [1.165, 1.54) is 23.7 Å². The fourth-order valence-electron chi connectivity index (χ4n) is 1.03. The molecule has 2 heterocycles.